The first-order chi connectivity index (χ1) is 19.2. The molecule has 3 N–H and O–H groups in total. The summed E-state index contributed by atoms with van der Waals surface area (Å²) in [4.78, 5) is 37.1. The van der Waals surface area contributed by atoms with Crippen molar-refractivity contribution in [2.24, 2.45) is 0 Å². The Morgan fingerprint density at radius 1 is 1.18 bits per heavy atom. The summed E-state index contributed by atoms with van der Waals surface area (Å²) in [6.45, 7) is 5.35. The largest absolute Gasteiger partial charge is 0.369 e. The smallest absolute Gasteiger partial charge is 0.246 e. The Morgan fingerprint density at radius 3 is 2.70 bits per heavy atom. The highest BCUT2D eigenvalue weighted by Crippen LogP contribution is 2.28. The van der Waals surface area contributed by atoms with E-state index in [4.69, 9.17) is 4.52 Å². The van der Waals surface area contributed by atoms with Crippen LogP contribution in [0, 0.1) is 5.82 Å². The SMILES string of the molecule is CCCNc1nc(Nc2cccc(F)c2)ncc1-c1cc(CCNC(=O)[C@H](C)N(C)C(=O)/C=C/CN(C)C)no1. The fraction of sp³-hybridized carbons (Fsp3) is 0.393. The van der Waals surface area contributed by atoms with Gasteiger partial charge in [-0.15, -0.1) is 0 Å². The Hall–Kier alpha value is -4.32. The van der Waals surface area contributed by atoms with Gasteiger partial charge in [0.05, 0.1) is 11.3 Å². The number of amides is 2. The zero-order valence-corrected chi connectivity index (χ0v) is 23.6. The van der Waals surface area contributed by atoms with Crippen LogP contribution >= 0.6 is 0 Å². The molecule has 2 aromatic heterocycles. The Labute approximate surface area is 233 Å². The molecule has 40 heavy (non-hydrogen) atoms. The average molecular weight is 553 g/mol. The quantitative estimate of drug-likeness (QED) is 0.258. The van der Waals surface area contributed by atoms with Crippen LogP contribution in [0.25, 0.3) is 11.3 Å². The van der Waals surface area contributed by atoms with Crippen molar-refractivity contribution in [2.45, 2.75) is 32.7 Å². The average Bonchev–Trinajstić information content (AvgIpc) is 3.39. The molecular weight excluding hydrogens is 515 g/mol. The molecule has 0 saturated heterocycles. The van der Waals surface area contributed by atoms with E-state index in [9.17, 15) is 14.0 Å². The summed E-state index contributed by atoms with van der Waals surface area (Å²) >= 11 is 0. The zero-order chi connectivity index (χ0) is 29.1. The lowest BCUT2D eigenvalue weighted by molar-refractivity contribution is -0.135. The number of hydrogen-bond acceptors (Lipinski definition) is 9. The Balaban J connectivity index is 1.60. The molecule has 0 aliphatic carbocycles. The van der Waals surface area contributed by atoms with Crippen molar-refractivity contribution in [1.82, 2.24) is 30.2 Å². The van der Waals surface area contributed by atoms with E-state index in [0.29, 0.717) is 60.5 Å². The lowest BCUT2D eigenvalue weighted by Gasteiger charge is -2.22. The van der Waals surface area contributed by atoms with E-state index in [-0.39, 0.29) is 17.6 Å². The number of aromatic nitrogens is 3. The van der Waals surface area contributed by atoms with Gasteiger partial charge >= 0.3 is 0 Å². The number of hydrogen-bond donors (Lipinski definition) is 3. The molecule has 0 unspecified atom stereocenters. The summed E-state index contributed by atoms with van der Waals surface area (Å²) in [5, 5.41) is 13.2. The molecule has 0 aliphatic heterocycles. The molecule has 0 radical (unpaired) electrons. The minimum atomic E-state index is -0.631. The van der Waals surface area contributed by atoms with Crippen molar-refractivity contribution in [3.8, 4) is 11.3 Å². The molecular formula is C28H37FN8O3. The number of nitrogens with one attached hydrogen (secondary N) is 3. The van der Waals surface area contributed by atoms with Crippen LogP contribution in [0.4, 0.5) is 21.8 Å². The molecule has 3 aromatic rings. The van der Waals surface area contributed by atoms with Crippen LogP contribution in [0.15, 0.2) is 53.2 Å². The number of rotatable bonds is 14. The van der Waals surface area contributed by atoms with Crippen molar-refractivity contribution in [1.29, 1.82) is 0 Å². The monoisotopic (exact) mass is 552 g/mol. The van der Waals surface area contributed by atoms with E-state index >= 15 is 0 Å². The number of nitrogens with zero attached hydrogens (tertiary/aromatic N) is 5. The van der Waals surface area contributed by atoms with Crippen LogP contribution in [0.1, 0.15) is 26.0 Å². The lowest BCUT2D eigenvalue weighted by Crippen LogP contribution is -2.45. The van der Waals surface area contributed by atoms with Gasteiger partial charge in [-0.2, -0.15) is 4.98 Å². The van der Waals surface area contributed by atoms with Crippen LogP contribution in [0.5, 0.6) is 0 Å². The standard InChI is InChI=1S/C28H37FN8O3/c1-6-13-30-26-23(18-32-28(34-26)33-21-10-7-9-20(29)16-21)24-17-22(35-40-24)12-14-31-27(39)19(2)37(5)25(38)11-8-15-36(3)4/h7-11,16-19H,6,12-15H2,1-5H3,(H,31,39)(H2,30,32,33,34)/b11-8+/t19-/m0/s1. The normalized spacial score (nSPS) is 12.0. The highest BCUT2D eigenvalue weighted by molar-refractivity contribution is 5.92. The van der Waals surface area contributed by atoms with Gasteiger partial charge in [0.25, 0.3) is 0 Å². The number of benzene rings is 1. The minimum Gasteiger partial charge on any atom is -0.369 e. The van der Waals surface area contributed by atoms with Gasteiger partial charge in [-0.05, 0) is 45.6 Å². The summed E-state index contributed by atoms with van der Waals surface area (Å²) in [5.41, 5.74) is 1.79. The maximum Gasteiger partial charge on any atom is 0.246 e. The molecule has 214 valence electrons. The topological polar surface area (TPSA) is 129 Å². The third-order valence-corrected chi connectivity index (χ3v) is 5.96. The van der Waals surface area contributed by atoms with Gasteiger partial charge in [-0.3, -0.25) is 9.59 Å². The van der Waals surface area contributed by atoms with E-state index in [2.05, 4.69) is 31.1 Å². The molecule has 2 amide bonds. The lowest BCUT2D eigenvalue weighted by atomic mass is 10.2. The second kappa shape index (κ2) is 14.7. The Kier molecular flexibility index (Phi) is 11.1. The second-order valence-electron chi connectivity index (χ2n) is 9.53. The van der Waals surface area contributed by atoms with Gasteiger partial charge in [0, 0.05) is 57.1 Å². The second-order valence-corrected chi connectivity index (χ2v) is 9.53. The number of anilines is 3. The molecule has 0 fully saturated rings. The van der Waals surface area contributed by atoms with E-state index in [0.717, 1.165) is 6.42 Å². The molecule has 2 heterocycles. The summed E-state index contributed by atoms with van der Waals surface area (Å²) in [7, 11) is 5.42. The molecule has 0 spiro atoms. The highest BCUT2D eigenvalue weighted by Gasteiger charge is 2.21. The predicted octanol–water partition coefficient (Wildman–Crippen LogP) is 3.46. The van der Waals surface area contributed by atoms with Gasteiger partial charge in [0.1, 0.15) is 17.7 Å². The number of carbonyl (C=O) groups is 2. The van der Waals surface area contributed by atoms with Crippen LogP contribution in [0.3, 0.4) is 0 Å². The first-order valence-corrected chi connectivity index (χ1v) is 13.1. The van der Waals surface area contributed by atoms with Gasteiger partial charge in [-0.1, -0.05) is 24.2 Å². The van der Waals surface area contributed by atoms with E-state index in [1.54, 1.807) is 44.4 Å². The first kappa shape index (κ1) is 30.2. The van der Waals surface area contributed by atoms with Gasteiger partial charge in [0.2, 0.25) is 17.8 Å². The highest BCUT2D eigenvalue weighted by atomic mass is 19.1. The molecule has 3 rings (SSSR count). The maximum absolute atomic E-state index is 13.6. The summed E-state index contributed by atoms with van der Waals surface area (Å²) < 4.78 is 19.1. The molecule has 0 saturated carbocycles. The number of likely N-dealkylation sites (N-methyl/N-ethyl adjacent to an activating group) is 2. The van der Waals surface area contributed by atoms with Gasteiger partial charge in [-0.25, -0.2) is 9.37 Å². The molecule has 1 aromatic carbocycles. The molecule has 11 nitrogen and oxygen atoms in total. The molecule has 1 atom stereocenters. The predicted molar refractivity (Wildman–Crippen MR) is 153 cm³/mol. The van der Waals surface area contributed by atoms with Crippen LogP contribution in [0.2, 0.25) is 0 Å². The van der Waals surface area contributed by atoms with Crippen molar-refractivity contribution in [3.05, 3.63) is 60.2 Å². The fourth-order valence-electron chi connectivity index (χ4n) is 3.56. The summed E-state index contributed by atoms with van der Waals surface area (Å²) in [6.07, 6.45) is 6.15. The maximum atomic E-state index is 13.6. The van der Waals surface area contributed by atoms with Crippen LogP contribution in [-0.2, 0) is 16.0 Å². The van der Waals surface area contributed by atoms with Crippen molar-refractivity contribution in [3.63, 3.8) is 0 Å². The summed E-state index contributed by atoms with van der Waals surface area (Å²) in [5.74, 6) is 0.465. The van der Waals surface area contributed by atoms with Crippen LogP contribution in [-0.4, -0.2) is 83.6 Å². The molecule has 0 aliphatic rings. The molecule has 0 bridgehead atoms. The van der Waals surface area contributed by atoms with Crippen molar-refractivity contribution < 1.29 is 18.5 Å². The molecule has 12 heteroatoms. The van der Waals surface area contributed by atoms with Crippen LogP contribution < -0.4 is 16.0 Å². The minimum absolute atomic E-state index is 0.238. The Bertz CT molecular complexity index is 1310. The van der Waals surface area contributed by atoms with Crippen molar-refractivity contribution in [2.75, 3.05) is 51.4 Å². The Morgan fingerprint density at radius 2 is 1.98 bits per heavy atom. The van der Waals surface area contributed by atoms with Crippen molar-refractivity contribution >= 4 is 29.3 Å². The van der Waals surface area contributed by atoms with Gasteiger partial charge in [0.15, 0.2) is 5.76 Å². The number of halogens is 1. The fourth-order valence-corrected chi connectivity index (χ4v) is 3.56. The summed E-state index contributed by atoms with van der Waals surface area (Å²) in [6, 6.07) is 7.19. The van der Waals surface area contributed by atoms with E-state index in [1.807, 2.05) is 25.9 Å². The van der Waals surface area contributed by atoms with E-state index < -0.39 is 6.04 Å². The third-order valence-electron chi connectivity index (χ3n) is 5.96. The third kappa shape index (κ3) is 8.87. The van der Waals surface area contributed by atoms with Gasteiger partial charge < -0.3 is 30.3 Å². The first-order valence-electron chi connectivity index (χ1n) is 13.1. The zero-order valence-electron chi connectivity index (χ0n) is 23.6. The number of carbonyl (C=O) groups excluding carboxylic acids is 2. The van der Waals surface area contributed by atoms with E-state index in [1.165, 1.54) is 23.1 Å².